The van der Waals surface area contributed by atoms with E-state index in [4.69, 9.17) is 89.5 Å². The van der Waals surface area contributed by atoms with Crippen LogP contribution in [0.5, 0.6) is 0 Å². The van der Waals surface area contributed by atoms with E-state index in [2.05, 4.69) is 86.9 Å². The van der Waals surface area contributed by atoms with Gasteiger partial charge in [-0.15, -0.1) is 0 Å². The van der Waals surface area contributed by atoms with Crippen LogP contribution in [0.4, 0.5) is 11.4 Å². The number of fused-ring (bicyclic) bond motifs is 4. The van der Waals surface area contributed by atoms with Crippen molar-refractivity contribution in [2.45, 2.75) is 47.1 Å². The summed E-state index contributed by atoms with van der Waals surface area (Å²) in [6.07, 6.45) is 7.57. The van der Waals surface area contributed by atoms with E-state index in [0.29, 0.717) is 0 Å². The summed E-state index contributed by atoms with van der Waals surface area (Å²) in [5, 5.41) is 9.08. The molecule has 0 spiro atoms. The second kappa shape index (κ2) is 23.4. The van der Waals surface area contributed by atoms with Gasteiger partial charge in [-0.05, 0) is 47.5 Å². The Hall–Kier alpha value is -2.23. The third kappa shape index (κ3) is 12.9. The molecule has 0 amide bonds. The monoisotopic (exact) mass is 971 g/mol. The standard InChI is InChI=1S/C38H34N6.2CHCl3.3ClH.Fe/c1-37(2)27-13-5-7-15-29(27)43-35(37)25-21-39-31-17-9-11-19-33(31)41-23-26(24-42-34-20-12-10-18-32(34)40-22-25)36-38(3,4)28-14-6-8-16-30(28)44-36;2*2-1(3)4;;;;/h5-24,43-44H,1-4H3;2*1H;3*1H;/q;;;;;;+3/p-3. The van der Waals surface area contributed by atoms with Gasteiger partial charge < -0.3 is 47.9 Å². The third-order valence-corrected chi connectivity index (χ3v) is 8.68. The van der Waals surface area contributed by atoms with Gasteiger partial charge in [-0.1, -0.05) is 158 Å². The van der Waals surface area contributed by atoms with Crippen molar-refractivity contribution >= 4 is 114 Å². The van der Waals surface area contributed by atoms with E-state index in [-0.39, 0.29) is 65.1 Å². The van der Waals surface area contributed by atoms with Crippen LogP contribution in [0.3, 0.4) is 0 Å². The molecular formula is C40H36Cl9FeN6. The molecule has 1 radical (unpaired) electrons. The SMILES string of the molecule is CC1(C)C(=c2cnc3ccccc3ncc(=C3Nc4ccccc4C3(C)C)cnc3ccccc3nc2)Nc2ccccc21.ClC(Cl)Cl.ClC(Cl)Cl.[Cl-].[Cl-].[Cl-].[Fe+3]. The van der Waals surface area contributed by atoms with Gasteiger partial charge in [0.15, 0.2) is 8.59 Å². The summed E-state index contributed by atoms with van der Waals surface area (Å²) in [4.78, 5) is 19.9. The number of para-hydroxylation sites is 6. The molecule has 297 valence electrons. The van der Waals surface area contributed by atoms with Crippen molar-refractivity contribution < 1.29 is 54.3 Å². The second-order valence-electron chi connectivity index (χ2n) is 12.8. The van der Waals surface area contributed by atoms with Gasteiger partial charge in [-0.2, -0.15) is 0 Å². The normalized spacial score (nSPS) is 13.4. The molecule has 0 saturated carbocycles. The summed E-state index contributed by atoms with van der Waals surface area (Å²) in [5.74, 6) is 0. The number of alkyl halides is 6. The second-order valence-corrected chi connectivity index (χ2v) is 16.7. The molecule has 0 unspecified atom stereocenters. The first-order chi connectivity index (χ1) is 24.8. The Morgan fingerprint density at radius 1 is 0.429 bits per heavy atom. The molecule has 0 saturated heterocycles. The number of benzene rings is 4. The van der Waals surface area contributed by atoms with Crippen LogP contribution in [0, 0.1) is 0 Å². The molecule has 0 atom stereocenters. The summed E-state index contributed by atoms with van der Waals surface area (Å²) >= 11 is 28.8. The number of hydrogen-bond acceptors (Lipinski definition) is 6. The molecule has 16 heteroatoms. The summed E-state index contributed by atoms with van der Waals surface area (Å²) in [6, 6.07) is 32.7. The Morgan fingerprint density at radius 2 is 0.661 bits per heavy atom. The minimum absolute atomic E-state index is 0. The molecular weight excluding hydrogens is 939 g/mol. The van der Waals surface area contributed by atoms with E-state index < -0.39 is 8.59 Å². The smallest absolute Gasteiger partial charge is 1.00 e. The third-order valence-electron chi connectivity index (χ3n) is 8.68. The van der Waals surface area contributed by atoms with Crippen molar-refractivity contribution in [3.63, 3.8) is 0 Å². The van der Waals surface area contributed by atoms with Crippen LogP contribution in [0.15, 0.2) is 122 Å². The quantitative estimate of drug-likeness (QED) is 0.183. The van der Waals surface area contributed by atoms with Gasteiger partial charge in [-0.3, -0.25) is 19.9 Å². The van der Waals surface area contributed by atoms with Crippen molar-refractivity contribution in [3.8, 4) is 0 Å². The van der Waals surface area contributed by atoms with Crippen molar-refractivity contribution in [1.29, 1.82) is 0 Å². The van der Waals surface area contributed by atoms with Gasteiger partial charge in [-0.25, -0.2) is 0 Å². The van der Waals surface area contributed by atoms with E-state index in [1.807, 2.05) is 73.3 Å². The van der Waals surface area contributed by atoms with Gasteiger partial charge in [0.2, 0.25) is 0 Å². The van der Waals surface area contributed by atoms with Crippen molar-refractivity contribution in [2.24, 2.45) is 0 Å². The molecule has 0 aliphatic carbocycles. The molecule has 6 nitrogen and oxygen atoms in total. The van der Waals surface area contributed by atoms with Crippen LogP contribution < -0.4 is 58.3 Å². The van der Waals surface area contributed by atoms with Crippen molar-refractivity contribution in [3.05, 3.63) is 143 Å². The molecule has 2 aliphatic heterocycles. The maximum absolute atomic E-state index is 4.98. The first kappa shape index (κ1) is 51.8. The predicted octanol–water partition coefficient (Wildman–Crippen LogP) is 1.83. The van der Waals surface area contributed by atoms with Gasteiger partial charge in [0.05, 0.1) is 22.1 Å². The predicted molar refractivity (Wildman–Crippen MR) is 223 cm³/mol. The molecule has 0 bridgehead atoms. The minimum Gasteiger partial charge on any atom is -1.00 e. The largest absolute Gasteiger partial charge is 3.00 e. The maximum Gasteiger partial charge on any atom is 3.00 e. The van der Waals surface area contributed by atoms with Gasteiger partial charge in [0.25, 0.3) is 0 Å². The molecule has 5 aromatic rings. The van der Waals surface area contributed by atoms with Crippen LogP contribution in [0.2, 0.25) is 0 Å². The average Bonchev–Trinajstić information content (AvgIpc) is 3.53. The summed E-state index contributed by atoms with van der Waals surface area (Å²) in [5.41, 5.74) is 9.32. The van der Waals surface area contributed by atoms with E-state index in [0.717, 1.165) is 55.3 Å². The zero-order valence-corrected chi connectivity index (χ0v) is 38.2. The van der Waals surface area contributed by atoms with Crippen LogP contribution in [-0.4, -0.2) is 28.5 Å². The molecule has 1 aromatic heterocycles. The number of aromatic nitrogens is 4. The molecule has 4 aromatic carbocycles. The van der Waals surface area contributed by atoms with Gasteiger partial charge in [0, 0.05) is 68.8 Å². The van der Waals surface area contributed by atoms with Gasteiger partial charge >= 0.3 is 17.1 Å². The molecule has 56 heavy (non-hydrogen) atoms. The van der Waals surface area contributed by atoms with Crippen LogP contribution in [-0.2, 0) is 27.9 Å². The Balaban J connectivity index is 0.00000120. The van der Waals surface area contributed by atoms with E-state index >= 15 is 0 Å². The van der Waals surface area contributed by atoms with E-state index in [1.165, 1.54) is 11.1 Å². The molecule has 7 rings (SSSR count). The van der Waals surface area contributed by atoms with E-state index in [1.54, 1.807) is 0 Å². The van der Waals surface area contributed by atoms with Crippen LogP contribution in [0.25, 0.3) is 33.5 Å². The molecule has 2 aliphatic rings. The zero-order valence-electron chi connectivity index (χ0n) is 30.2. The van der Waals surface area contributed by atoms with Crippen LogP contribution in [0.1, 0.15) is 38.8 Å². The van der Waals surface area contributed by atoms with Crippen LogP contribution >= 0.6 is 69.6 Å². The van der Waals surface area contributed by atoms with Gasteiger partial charge in [0.1, 0.15) is 0 Å². The molecule has 3 heterocycles. The molecule has 2 N–H and O–H groups in total. The maximum atomic E-state index is 4.98. The average molecular weight is 976 g/mol. The Bertz CT molecular complexity index is 2090. The summed E-state index contributed by atoms with van der Waals surface area (Å²) in [6.45, 7) is 8.90. The topological polar surface area (TPSA) is 75.6 Å². The number of anilines is 2. The number of halogens is 9. The Labute approximate surface area is 386 Å². The van der Waals surface area contributed by atoms with Crippen molar-refractivity contribution in [2.75, 3.05) is 10.6 Å². The fourth-order valence-corrected chi connectivity index (χ4v) is 6.24. The fraction of sp³-hybridized carbons (Fsp3) is 0.200. The Kier molecular flexibility index (Phi) is 21.6. The number of hydrogen-bond donors (Lipinski definition) is 2. The minimum atomic E-state index is -0.750. The molecule has 0 fully saturated rings. The van der Waals surface area contributed by atoms with E-state index in [9.17, 15) is 0 Å². The number of rotatable bonds is 0. The first-order valence-electron chi connectivity index (χ1n) is 16.2. The summed E-state index contributed by atoms with van der Waals surface area (Å²) in [7, 11) is 0. The Morgan fingerprint density at radius 3 is 0.911 bits per heavy atom. The van der Waals surface area contributed by atoms with Crippen molar-refractivity contribution in [1.82, 2.24) is 19.9 Å². The first-order valence-corrected chi connectivity index (χ1v) is 18.8. The number of nitrogens with one attached hydrogen (secondary N) is 2. The summed E-state index contributed by atoms with van der Waals surface area (Å²) < 4.78 is -1.50. The number of nitrogens with zero attached hydrogens (tertiary/aromatic N) is 4. The fourth-order valence-electron chi connectivity index (χ4n) is 6.24. The zero-order chi connectivity index (χ0) is 37.5.